The molecule has 2 aromatic heterocycles. The summed E-state index contributed by atoms with van der Waals surface area (Å²) in [4.78, 5) is 24.5. The molecule has 0 atom stereocenters. The zero-order valence-corrected chi connectivity index (χ0v) is 17.8. The van der Waals surface area contributed by atoms with E-state index in [0.29, 0.717) is 24.6 Å². The fraction of sp³-hybridized carbons (Fsp3) is 0.500. The van der Waals surface area contributed by atoms with Crippen molar-refractivity contribution in [2.45, 2.75) is 33.1 Å². The minimum absolute atomic E-state index is 0.125. The first kappa shape index (κ1) is 21.8. The second kappa shape index (κ2) is 9.30. The smallest absolute Gasteiger partial charge is 0.229 e. The lowest BCUT2D eigenvalue weighted by Crippen LogP contribution is -2.44. The van der Waals surface area contributed by atoms with Crippen molar-refractivity contribution < 1.29 is 18.0 Å². The number of nitrogens with zero attached hydrogens (tertiary/aromatic N) is 5. The predicted molar refractivity (Wildman–Crippen MR) is 109 cm³/mol. The molecule has 1 fully saturated rings. The molecular weight excluding hydrogens is 410 g/mol. The van der Waals surface area contributed by atoms with Gasteiger partial charge in [0.2, 0.25) is 21.8 Å². The van der Waals surface area contributed by atoms with E-state index in [1.54, 1.807) is 16.8 Å². The molecule has 0 unspecified atom stereocenters. The van der Waals surface area contributed by atoms with Gasteiger partial charge in [-0.05, 0) is 38.5 Å². The first-order valence-electron chi connectivity index (χ1n) is 9.67. The van der Waals surface area contributed by atoms with E-state index in [4.69, 9.17) is 0 Å². The molecule has 1 aliphatic heterocycles. The number of carbonyl (C=O) groups excluding carboxylic acids is 2. The Hall–Kier alpha value is -2.86. The van der Waals surface area contributed by atoms with Crippen molar-refractivity contribution in [3.63, 3.8) is 0 Å². The monoisotopic (exact) mass is 435 g/mol. The van der Waals surface area contributed by atoms with Crippen molar-refractivity contribution >= 4 is 27.7 Å². The molecule has 11 nitrogen and oxygen atoms in total. The third kappa shape index (κ3) is 5.60. The summed E-state index contributed by atoms with van der Waals surface area (Å²) >= 11 is 0. The molecule has 0 saturated carbocycles. The van der Waals surface area contributed by atoms with Gasteiger partial charge in [0.1, 0.15) is 5.82 Å². The van der Waals surface area contributed by atoms with Crippen molar-refractivity contribution in [2.24, 2.45) is 0 Å². The summed E-state index contributed by atoms with van der Waals surface area (Å²) in [5.74, 6) is 0.149. The zero-order chi connectivity index (χ0) is 21.7. The number of nitrogens with one attached hydrogen (secondary N) is 2. The number of carbonyl (C=O) groups is 2. The first-order valence-corrected chi connectivity index (χ1v) is 11.3. The zero-order valence-electron chi connectivity index (χ0n) is 17.0. The van der Waals surface area contributed by atoms with E-state index in [0.717, 1.165) is 16.3 Å². The molecular formula is C18H25N7O4S. The molecule has 162 valence electrons. The molecule has 12 heteroatoms. The maximum absolute atomic E-state index is 12.1. The fourth-order valence-electron chi connectivity index (χ4n) is 3.12. The summed E-state index contributed by atoms with van der Waals surface area (Å²) in [6.07, 6.45) is 1.08. The number of aryl methyl sites for hydroxylation is 2. The molecule has 2 amide bonds. The summed E-state index contributed by atoms with van der Waals surface area (Å²) in [6, 6.07) is 5.45. The fourth-order valence-corrected chi connectivity index (χ4v) is 4.10. The maximum atomic E-state index is 12.1. The summed E-state index contributed by atoms with van der Waals surface area (Å²) in [5.41, 5.74) is 1.84. The Morgan fingerprint density at radius 3 is 2.40 bits per heavy atom. The molecule has 0 radical (unpaired) electrons. The van der Waals surface area contributed by atoms with Crippen LogP contribution in [0, 0.1) is 13.8 Å². The number of imide groups is 1. The number of amides is 2. The summed E-state index contributed by atoms with van der Waals surface area (Å²) < 4.78 is 28.4. The number of hydrogen-bond donors (Lipinski definition) is 2. The Kier molecular flexibility index (Phi) is 6.77. The summed E-state index contributed by atoms with van der Waals surface area (Å²) in [6.45, 7) is 4.13. The highest BCUT2D eigenvalue weighted by Crippen LogP contribution is 2.12. The van der Waals surface area contributed by atoms with Crippen molar-refractivity contribution in [1.82, 2.24) is 29.6 Å². The number of aromatic nitrogens is 4. The number of rotatable bonds is 9. The Labute approximate surface area is 174 Å². The second-order valence-corrected chi connectivity index (χ2v) is 8.97. The molecule has 0 spiro atoms. The Bertz CT molecular complexity index is 1000. The van der Waals surface area contributed by atoms with Crippen LogP contribution in [-0.2, 0) is 19.6 Å². The van der Waals surface area contributed by atoms with Crippen LogP contribution in [-0.4, -0.2) is 70.5 Å². The van der Waals surface area contributed by atoms with Crippen LogP contribution in [0.4, 0.5) is 5.82 Å². The van der Waals surface area contributed by atoms with E-state index in [2.05, 4.69) is 25.3 Å². The highest BCUT2D eigenvalue weighted by molar-refractivity contribution is 7.89. The number of hydrogen-bond acceptors (Lipinski definition) is 8. The van der Waals surface area contributed by atoms with Gasteiger partial charge >= 0.3 is 0 Å². The van der Waals surface area contributed by atoms with Crippen LogP contribution in [0.5, 0.6) is 0 Å². The maximum Gasteiger partial charge on any atom is 0.229 e. The van der Waals surface area contributed by atoms with Crippen LogP contribution < -0.4 is 10.0 Å². The summed E-state index contributed by atoms with van der Waals surface area (Å²) in [5, 5.41) is 15.5. The Morgan fingerprint density at radius 1 is 1.07 bits per heavy atom. The van der Waals surface area contributed by atoms with Gasteiger partial charge in [-0.15, -0.1) is 10.2 Å². The molecule has 30 heavy (non-hydrogen) atoms. The quantitative estimate of drug-likeness (QED) is 0.419. The first-order chi connectivity index (χ1) is 14.2. The molecule has 3 heterocycles. The minimum Gasteiger partial charge on any atom is -0.367 e. The van der Waals surface area contributed by atoms with E-state index in [9.17, 15) is 18.0 Å². The van der Waals surface area contributed by atoms with E-state index in [1.165, 1.54) is 0 Å². The number of anilines is 1. The van der Waals surface area contributed by atoms with E-state index < -0.39 is 10.0 Å². The third-order valence-electron chi connectivity index (χ3n) is 4.60. The van der Waals surface area contributed by atoms with Gasteiger partial charge in [0.05, 0.1) is 11.4 Å². The highest BCUT2D eigenvalue weighted by atomic mass is 32.2. The SMILES string of the molecule is Cc1cc(C)n(-c2ccc(NCCNS(=O)(=O)CCN3C(=O)CCCC3=O)nn2)n1. The standard InChI is InChI=1S/C18H25N7O4S/c1-13-12-14(2)25(23-13)16-7-6-15(21-22-16)19-8-9-20-30(28,29)11-10-24-17(26)4-3-5-18(24)27/h6-7,12,20H,3-5,8-11H2,1-2H3,(H,19,21). The predicted octanol–water partition coefficient (Wildman–Crippen LogP) is 0.150. The molecule has 0 bridgehead atoms. The van der Waals surface area contributed by atoms with Crippen LogP contribution in [0.3, 0.4) is 0 Å². The van der Waals surface area contributed by atoms with E-state index in [-0.39, 0.29) is 43.5 Å². The third-order valence-corrected chi connectivity index (χ3v) is 5.96. The van der Waals surface area contributed by atoms with Gasteiger partial charge in [0, 0.05) is 38.2 Å². The Balaban J connectivity index is 1.43. The molecule has 0 aliphatic carbocycles. The van der Waals surface area contributed by atoms with Crippen LogP contribution >= 0.6 is 0 Å². The minimum atomic E-state index is -3.61. The molecule has 2 aromatic rings. The second-order valence-electron chi connectivity index (χ2n) is 7.05. The van der Waals surface area contributed by atoms with Crippen LogP contribution in [0.15, 0.2) is 18.2 Å². The molecule has 0 aromatic carbocycles. The van der Waals surface area contributed by atoms with Gasteiger partial charge in [0.15, 0.2) is 5.82 Å². The largest absolute Gasteiger partial charge is 0.367 e. The normalized spacial score (nSPS) is 14.9. The average Bonchev–Trinajstić information content (AvgIpc) is 3.03. The van der Waals surface area contributed by atoms with Gasteiger partial charge in [0.25, 0.3) is 0 Å². The lowest BCUT2D eigenvalue weighted by Gasteiger charge is -2.24. The number of likely N-dealkylation sites (tertiary alicyclic amines) is 1. The number of piperidine rings is 1. The lowest BCUT2D eigenvalue weighted by atomic mass is 10.1. The van der Waals surface area contributed by atoms with E-state index >= 15 is 0 Å². The van der Waals surface area contributed by atoms with Gasteiger partial charge in [-0.25, -0.2) is 17.8 Å². The molecule has 1 aliphatic rings. The van der Waals surface area contributed by atoms with Crippen LogP contribution in [0.2, 0.25) is 0 Å². The van der Waals surface area contributed by atoms with Crippen molar-refractivity contribution in [2.75, 3.05) is 30.7 Å². The van der Waals surface area contributed by atoms with Crippen molar-refractivity contribution in [3.8, 4) is 5.82 Å². The lowest BCUT2D eigenvalue weighted by molar-refractivity contribution is -0.147. The molecule has 1 saturated heterocycles. The van der Waals surface area contributed by atoms with Crippen LogP contribution in [0.1, 0.15) is 30.7 Å². The summed E-state index contributed by atoms with van der Waals surface area (Å²) in [7, 11) is -3.61. The van der Waals surface area contributed by atoms with Gasteiger partial charge in [-0.1, -0.05) is 0 Å². The van der Waals surface area contributed by atoms with Crippen LogP contribution in [0.25, 0.3) is 5.82 Å². The highest BCUT2D eigenvalue weighted by Gasteiger charge is 2.27. The molecule has 2 N–H and O–H groups in total. The number of sulfonamides is 1. The topological polar surface area (TPSA) is 139 Å². The van der Waals surface area contributed by atoms with Gasteiger partial charge in [-0.3, -0.25) is 14.5 Å². The molecule has 3 rings (SSSR count). The van der Waals surface area contributed by atoms with Crippen molar-refractivity contribution in [3.05, 3.63) is 29.6 Å². The van der Waals surface area contributed by atoms with Gasteiger partial charge in [-0.2, -0.15) is 5.10 Å². The van der Waals surface area contributed by atoms with Crippen molar-refractivity contribution in [1.29, 1.82) is 0 Å². The van der Waals surface area contributed by atoms with E-state index in [1.807, 2.05) is 19.9 Å². The van der Waals surface area contributed by atoms with Gasteiger partial charge < -0.3 is 5.32 Å². The average molecular weight is 436 g/mol. The Morgan fingerprint density at radius 2 is 1.80 bits per heavy atom.